The molecule has 160 valence electrons. The van der Waals surface area contributed by atoms with E-state index in [9.17, 15) is 14.0 Å². The molecule has 2 aromatic carbocycles. The number of carbonyl (C=O) groups is 2. The lowest BCUT2D eigenvalue weighted by atomic mass is 9.99. The number of aromatic nitrogens is 1. The first-order valence-corrected chi connectivity index (χ1v) is 11.3. The number of hydrogen-bond donors (Lipinski definition) is 1. The minimum atomic E-state index is -0.273. The van der Waals surface area contributed by atoms with E-state index in [4.69, 9.17) is 0 Å². The van der Waals surface area contributed by atoms with Gasteiger partial charge in [-0.2, -0.15) is 0 Å². The van der Waals surface area contributed by atoms with Gasteiger partial charge < -0.3 is 10.2 Å². The Morgan fingerprint density at radius 3 is 2.71 bits per heavy atom. The van der Waals surface area contributed by atoms with Crippen molar-refractivity contribution in [3.05, 3.63) is 87.1 Å². The zero-order valence-corrected chi connectivity index (χ0v) is 18.0. The molecule has 0 aliphatic carbocycles. The van der Waals surface area contributed by atoms with E-state index in [0.29, 0.717) is 48.6 Å². The molecule has 0 radical (unpaired) electrons. The van der Waals surface area contributed by atoms with E-state index < -0.39 is 0 Å². The van der Waals surface area contributed by atoms with Gasteiger partial charge in [0.25, 0.3) is 5.91 Å². The van der Waals surface area contributed by atoms with Gasteiger partial charge in [0.05, 0.1) is 5.01 Å². The molecular weight excluding hydrogens is 413 g/mol. The highest BCUT2D eigenvalue weighted by Gasteiger charge is 2.20. The van der Waals surface area contributed by atoms with Gasteiger partial charge in [-0.25, -0.2) is 9.37 Å². The number of amides is 2. The number of benzene rings is 2. The third-order valence-corrected chi connectivity index (χ3v) is 6.27. The molecule has 1 aliphatic heterocycles. The molecule has 31 heavy (non-hydrogen) atoms. The lowest BCUT2D eigenvalue weighted by Gasteiger charge is -2.29. The lowest BCUT2D eigenvalue weighted by molar-refractivity contribution is -0.132. The third kappa shape index (κ3) is 5.35. The van der Waals surface area contributed by atoms with Crippen LogP contribution in [0.1, 0.15) is 45.0 Å². The topological polar surface area (TPSA) is 62.3 Å². The van der Waals surface area contributed by atoms with Crippen molar-refractivity contribution < 1.29 is 14.0 Å². The highest BCUT2D eigenvalue weighted by atomic mass is 32.1. The maximum Gasteiger partial charge on any atom is 0.270 e. The molecule has 3 aromatic rings. The first-order chi connectivity index (χ1) is 15.1. The predicted molar refractivity (Wildman–Crippen MR) is 118 cm³/mol. The summed E-state index contributed by atoms with van der Waals surface area (Å²) >= 11 is 1.34. The Morgan fingerprint density at radius 1 is 1.10 bits per heavy atom. The van der Waals surface area contributed by atoms with Crippen molar-refractivity contribution in [2.75, 3.05) is 13.1 Å². The van der Waals surface area contributed by atoms with Crippen LogP contribution in [-0.2, 0) is 24.2 Å². The van der Waals surface area contributed by atoms with Crippen LogP contribution in [0.2, 0.25) is 0 Å². The van der Waals surface area contributed by atoms with Crippen LogP contribution in [0.15, 0.2) is 53.9 Å². The van der Waals surface area contributed by atoms with Gasteiger partial charge in [-0.05, 0) is 35.6 Å². The van der Waals surface area contributed by atoms with Crippen LogP contribution >= 0.6 is 11.3 Å². The maximum atomic E-state index is 13.8. The Hall–Kier alpha value is -3.06. The van der Waals surface area contributed by atoms with Crippen LogP contribution in [0.25, 0.3) is 0 Å². The highest BCUT2D eigenvalue weighted by Crippen LogP contribution is 2.19. The van der Waals surface area contributed by atoms with Crippen LogP contribution in [0.5, 0.6) is 0 Å². The second-order valence-electron chi connectivity index (χ2n) is 7.59. The number of rotatable bonds is 7. The number of hydrogen-bond acceptors (Lipinski definition) is 4. The monoisotopic (exact) mass is 437 g/mol. The normalized spacial score (nSPS) is 13.0. The lowest BCUT2D eigenvalue weighted by Crippen LogP contribution is -2.36. The summed E-state index contributed by atoms with van der Waals surface area (Å²) in [5.41, 5.74) is 3.42. The summed E-state index contributed by atoms with van der Waals surface area (Å²) in [5, 5.41) is 5.19. The van der Waals surface area contributed by atoms with Gasteiger partial charge in [-0.3, -0.25) is 9.59 Å². The van der Waals surface area contributed by atoms with E-state index >= 15 is 0 Å². The van der Waals surface area contributed by atoms with Gasteiger partial charge in [0.2, 0.25) is 5.91 Å². The van der Waals surface area contributed by atoms with Gasteiger partial charge in [0.15, 0.2) is 0 Å². The summed E-state index contributed by atoms with van der Waals surface area (Å²) in [6, 6.07) is 14.8. The first kappa shape index (κ1) is 21.2. The molecule has 0 fully saturated rings. The summed E-state index contributed by atoms with van der Waals surface area (Å²) in [6.07, 6.45) is 2.22. The molecule has 4 rings (SSSR count). The fourth-order valence-electron chi connectivity index (χ4n) is 3.70. The molecular formula is C24H24FN3O2S. The quantitative estimate of drug-likeness (QED) is 0.569. The SMILES string of the molecule is O=C(NCCCC(=O)N1CCc2ccccc2C1)c1csc(Cc2ccccc2F)n1. The van der Waals surface area contributed by atoms with Crippen molar-refractivity contribution in [3.63, 3.8) is 0 Å². The maximum absolute atomic E-state index is 13.8. The number of fused-ring (bicyclic) bond motifs is 1. The molecule has 0 saturated heterocycles. The van der Waals surface area contributed by atoms with E-state index in [-0.39, 0.29) is 17.6 Å². The zero-order valence-electron chi connectivity index (χ0n) is 17.1. The van der Waals surface area contributed by atoms with Crippen LogP contribution in [-0.4, -0.2) is 34.8 Å². The van der Waals surface area contributed by atoms with Gasteiger partial charge in [-0.15, -0.1) is 11.3 Å². The largest absolute Gasteiger partial charge is 0.351 e. The molecule has 0 spiro atoms. The molecule has 1 aliphatic rings. The minimum Gasteiger partial charge on any atom is -0.351 e. The predicted octanol–water partition coefficient (Wildman–Crippen LogP) is 3.97. The van der Waals surface area contributed by atoms with Crippen molar-refractivity contribution >= 4 is 23.2 Å². The second-order valence-corrected chi connectivity index (χ2v) is 8.53. The summed E-state index contributed by atoms with van der Waals surface area (Å²) < 4.78 is 13.8. The summed E-state index contributed by atoms with van der Waals surface area (Å²) in [4.78, 5) is 31.0. The molecule has 1 N–H and O–H groups in total. The van der Waals surface area contributed by atoms with Gasteiger partial charge in [0, 0.05) is 37.9 Å². The Kier molecular flexibility index (Phi) is 6.72. The van der Waals surface area contributed by atoms with Crippen molar-refractivity contribution in [2.24, 2.45) is 0 Å². The van der Waals surface area contributed by atoms with Crippen molar-refractivity contribution in [1.82, 2.24) is 15.2 Å². The van der Waals surface area contributed by atoms with E-state index in [0.717, 1.165) is 13.0 Å². The zero-order chi connectivity index (χ0) is 21.6. The number of nitrogens with one attached hydrogen (secondary N) is 1. The van der Waals surface area contributed by atoms with Crippen LogP contribution in [0.4, 0.5) is 4.39 Å². The van der Waals surface area contributed by atoms with E-state index in [1.807, 2.05) is 17.0 Å². The Morgan fingerprint density at radius 2 is 1.87 bits per heavy atom. The molecule has 0 bridgehead atoms. The second kappa shape index (κ2) is 9.83. The van der Waals surface area contributed by atoms with Crippen molar-refractivity contribution in [2.45, 2.75) is 32.2 Å². The number of nitrogens with zero attached hydrogens (tertiary/aromatic N) is 2. The van der Waals surface area contributed by atoms with Gasteiger partial charge in [0.1, 0.15) is 11.5 Å². The molecule has 2 amide bonds. The molecule has 0 atom stereocenters. The van der Waals surface area contributed by atoms with E-state index in [1.165, 1.54) is 28.5 Å². The standard InChI is InChI=1S/C24H24FN3O2S/c25-20-9-4-3-7-18(20)14-22-27-21(16-31-22)24(30)26-12-5-10-23(29)28-13-11-17-6-1-2-8-19(17)15-28/h1-4,6-9,16H,5,10-15H2,(H,26,30). The average molecular weight is 438 g/mol. The fraction of sp³-hybridized carbons (Fsp3) is 0.292. The van der Waals surface area contributed by atoms with Gasteiger partial charge in [-0.1, -0.05) is 42.5 Å². The van der Waals surface area contributed by atoms with Crippen LogP contribution in [0.3, 0.4) is 0 Å². The molecule has 2 heterocycles. The number of halogens is 1. The highest BCUT2D eigenvalue weighted by molar-refractivity contribution is 7.09. The number of thiazole rings is 1. The Labute approximate surface area is 184 Å². The number of carbonyl (C=O) groups excluding carboxylic acids is 2. The minimum absolute atomic E-state index is 0.115. The average Bonchev–Trinajstić information content (AvgIpc) is 3.26. The molecule has 1 aromatic heterocycles. The van der Waals surface area contributed by atoms with Gasteiger partial charge >= 0.3 is 0 Å². The van der Waals surface area contributed by atoms with Crippen LogP contribution < -0.4 is 5.32 Å². The molecule has 0 saturated carbocycles. The first-order valence-electron chi connectivity index (χ1n) is 10.4. The molecule has 7 heteroatoms. The van der Waals surface area contributed by atoms with E-state index in [1.54, 1.807) is 23.6 Å². The summed E-state index contributed by atoms with van der Waals surface area (Å²) in [6.45, 7) is 1.81. The van der Waals surface area contributed by atoms with Crippen LogP contribution in [0, 0.1) is 5.82 Å². The Balaban J connectivity index is 1.21. The summed E-state index contributed by atoms with van der Waals surface area (Å²) in [5.74, 6) is -0.425. The third-order valence-electron chi connectivity index (χ3n) is 5.42. The Bertz CT molecular complexity index is 1080. The van der Waals surface area contributed by atoms with E-state index in [2.05, 4.69) is 22.4 Å². The smallest absolute Gasteiger partial charge is 0.270 e. The van der Waals surface area contributed by atoms with Crippen molar-refractivity contribution in [1.29, 1.82) is 0 Å². The fourth-order valence-corrected chi connectivity index (χ4v) is 4.50. The molecule has 0 unspecified atom stereocenters. The van der Waals surface area contributed by atoms with Crippen molar-refractivity contribution in [3.8, 4) is 0 Å². The summed E-state index contributed by atoms with van der Waals surface area (Å²) in [7, 11) is 0. The molecule has 5 nitrogen and oxygen atoms in total.